The highest BCUT2D eigenvalue weighted by atomic mass is 15.3. The van der Waals surface area contributed by atoms with Gasteiger partial charge in [-0.05, 0) is 26.0 Å². The molecule has 0 fully saturated rings. The summed E-state index contributed by atoms with van der Waals surface area (Å²) in [5, 5.41) is 5.47. The molecule has 0 radical (unpaired) electrons. The SMILES string of the molecule is CC(C)n1ncc2nc3[nH]ccc3cc21. The lowest BCUT2D eigenvalue weighted by atomic mass is 10.3. The normalized spacial score (nSPS) is 11.9. The second-order valence-electron chi connectivity index (χ2n) is 3.99. The molecule has 3 aromatic heterocycles. The van der Waals surface area contributed by atoms with Crippen LogP contribution < -0.4 is 0 Å². The molecule has 15 heavy (non-hydrogen) atoms. The van der Waals surface area contributed by atoms with Gasteiger partial charge in [0.1, 0.15) is 11.2 Å². The third kappa shape index (κ3) is 1.14. The molecule has 4 nitrogen and oxygen atoms in total. The average molecular weight is 200 g/mol. The van der Waals surface area contributed by atoms with Crippen molar-refractivity contribution in [1.29, 1.82) is 0 Å². The maximum absolute atomic E-state index is 4.50. The Labute approximate surface area is 86.9 Å². The third-order valence-electron chi connectivity index (χ3n) is 2.58. The van der Waals surface area contributed by atoms with Gasteiger partial charge in [0.05, 0.1) is 11.7 Å². The third-order valence-corrected chi connectivity index (χ3v) is 2.58. The van der Waals surface area contributed by atoms with Gasteiger partial charge in [0.25, 0.3) is 0 Å². The Kier molecular flexibility index (Phi) is 1.59. The lowest BCUT2D eigenvalue weighted by molar-refractivity contribution is 0.551. The molecule has 0 aliphatic carbocycles. The molecule has 0 aromatic carbocycles. The van der Waals surface area contributed by atoms with E-state index in [1.165, 1.54) is 0 Å². The lowest BCUT2D eigenvalue weighted by Crippen LogP contribution is -2.01. The van der Waals surface area contributed by atoms with Gasteiger partial charge in [-0.2, -0.15) is 5.10 Å². The molecule has 0 aliphatic rings. The van der Waals surface area contributed by atoms with E-state index in [4.69, 9.17) is 0 Å². The summed E-state index contributed by atoms with van der Waals surface area (Å²) in [6, 6.07) is 4.52. The summed E-state index contributed by atoms with van der Waals surface area (Å²) in [6.45, 7) is 4.24. The van der Waals surface area contributed by atoms with Crippen molar-refractivity contribution in [1.82, 2.24) is 19.7 Å². The quantitative estimate of drug-likeness (QED) is 0.656. The highest BCUT2D eigenvalue weighted by Crippen LogP contribution is 2.20. The van der Waals surface area contributed by atoms with E-state index in [0.717, 1.165) is 22.1 Å². The first-order valence-corrected chi connectivity index (χ1v) is 5.07. The van der Waals surface area contributed by atoms with Crippen LogP contribution in [0.2, 0.25) is 0 Å². The zero-order valence-corrected chi connectivity index (χ0v) is 8.73. The van der Waals surface area contributed by atoms with Crippen molar-refractivity contribution in [3.63, 3.8) is 0 Å². The summed E-state index contributed by atoms with van der Waals surface area (Å²) in [6.07, 6.45) is 3.72. The number of H-pyrrole nitrogens is 1. The van der Waals surface area contributed by atoms with Crippen molar-refractivity contribution in [2.24, 2.45) is 0 Å². The first-order chi connectivity index (χ1) is 7.25. The Hall–Kier alpha value is -1.84. The van der Waals surface area contributed by atoms with Crippen molar-refractivity contribution in [2.75, 3.05) is 0 Å². The van der Waals surface area contributed by atoms with Crippen LogP contribution >= 0.6 is 0 Å². The number of hydrogen-bond acceptors (Lipinski definition) is 2. The minimum atomic E-state index is 0.362. The maximum atomic E-state index is 4.50. The molecule has 0 saturated carbocycles. The molecular weight excluding hydrogens is 188 g/mol. The van der Waals surface area contributed by atoms with Gasteiger partial charge in [-0.1, -0.05) is 0 Å². The summed E-state index contributed by atoms with van der Waals surface area (Å²) >= 11 is 0. The van der Waals surface area contributed by atoms with E-state index < -0.39 is 0 Å². The van der Waals surface area contributed by atoms with Crippen LogP contribution in [0.25, 0.3) is 22.1 Å². The van der Waals surface area contributed by atoms with Gasteiger partial charge in [-0.15, -0.1) is 0 Å². The topological polar surface area (TPSA) is 46.5 Å². The minimum absolute atomic E-state index is 0.362. The summed E-state index contributed by atoms with van der Waals surface area (Å²) < 4.78 is 1.99. The molecule has 3 heterocycles. The van der Waals surface area contributed by atoms with Gasteiger partial charge in [0.2, 0.25) is 0 Å². The Balaban J connectivity index is 2.41. The van der Waals surface area contributed by atoms with E-state index in [1.54, 1.807) is 0 Å². The molecule has 1 N–H and O–H groups in total. The van der Waals surface area contributed by atoms with Crippen molar-refractivity contribution in [3.05, 3.63) is 24.5 Å². The first-order valence-electron chi connectivity index (χ1n) is 5.07. The molecule has 0 spiro atoms. The smallest absolute Gasteiger partial charge is 0.138 e. The van der Waals surface area contributed by atoms with E-state index >= 15 is 0 Å². The summed E-state index contributed by atoms with van der Waals surface area (Å²) in [7, 11) is 0. The number of aromatic nitrogens is 4. The Morgan fingerprint density at radius 1 is 1.40 bits per heavy atom. The van der Waals surface area contributed by atoms with Gasteiger partial charge in [-0.3, -0.25) is 4.68 Å². The molecule has 3 rings (SSSR count). The van der Waals surface area contributed by atoms with Gasteiger partial charge in [0.15, 0.2) is 0 Å². The number of hydrogen-bond donors (Lipinski definition) is 1. The molecule has 0 atom stereocenters. The van der Waals surface area contributed by atoms with Crippen molar-refractivity contribution < 1.29 is 0 Å². The fourth-order valence-corrected chi connectivity index (χ4v) is 1.85. The molecule has 76 valence electrons. The lowest BCUT2D eigenvalue weighted by Gasteiger charge is -2.06. The molecule has 0 amide bonds. The van der Waals surface area contributed by atoms with Crippen LogP contribution in [0.1, 0.15) is 19.9 Å². The molecule has 4 heteroatoms. The number of fused-ring (bicyclic) bond motifs is 2. The average Bonchev–Trinajstić information content (AvgIpc) is 2.77. The Morgan fingerprint density at radius 2 is 2.27 bits per heavy atom. The van der Waals surface area contributed by atoms with Crippen LogP contribution in [0.5, 0.6) is 0 Å². The highest BCUT2D eigenvalue weighted by molar-refractivity contribution is 5.89. The minimum Gasteiger partial charge on any atom is -0.346 e. The molecular formula is C11H12N4. The van der Waals surface area contributed by atoms with Crippen LogP contribution in [-0.2, 0) is 0 Å². The van der Waals surface area contributed by atoms with E-state index in [2.05, 4.69) is 35.0 Å². The summed E-state index contributed by atoms with van der Waals surface area (Å²) in [5.74, 6) is 0. The molecule has 3 aromatic rings. The van der Waals surface area contributed by atoms with E-state index in [0.29, 0.717) is 6.04 Å². The Morgan fingerprint density at radius 3 is 3.07 bits per heavy atom. The van der Waals surface area contributed by atoms with Crippen molar-refractivity contribution in [2.45, 2.75) is 19.9 Å². The van der Waals surface area contributed by atoms with Crippen LogP contribution in [0.4, 0.5) is 0 Å². The fourth-order valence-electron chi connectivity index (χ4n) is 1.85. The number of pyridine rings is 1. The number of nitrogens with zero attached hydrogens (tertiary/aromatic N) is 3. The highest BCUT2D eigenvalue weighted by Gasteiger charge is 2.08. The standard InChI is InChI=1S/C11H12N4/c1-7(2)15-10-5-8-3-4-12-11(8)14-9(10)6-13-15/h3-7H,1-2H3,(H,12,14). The van der Waals surface area contributed by atoms with Gasteiger partial charge >= 0.3 is 0 Å². The van der Waals surface area contributed by atoms with Crippen molar-refractivity contribution in [3.8, 4) is 0 Å². The van der Waals surface area contributed by atoms with Crippen LogP contribution in [0.3, 0.4) is 0 Å². The van der Waals surface area contributed by atoms with Crippen LogP contribution in [0.15, 0.2) is 24.5 Å². The predicted molar refractivity (Wildman–Crippen MR) is 59.8 cm³/mol. The maximum Gasteiger partial charge on any atom is 0.138 e. The second-order valence-corrected chi connectivity index (χ2v) is 3.99. The zero-order chi connectivity index (χ0) is 10.4. The predicted octanol–water partition coefficient (Wildman–Crippen LogP) is 2.49. The van der Waals surface area contributed by atoms with E-state index in [9.17, 15) is 0 Å². The largest absolute Gasteiger partial charge is 0.346 e. The van der Waals surface area contributed by atoms with Crippen LogP contribution in [0, 0.1) is 0 Å². The van der Waals surface area contributed by atoms with Gasteiger partial charge in [-0.25, -0.2) is 4.98 Å². The molecule has 0 bridgehead atoms. The van der Waals surface area contributed by atoms with E-state index in [1.807, 2.05) is 23.1 Å². The molecule has 0 unspecified atom stereocenters. The number of aromatic amines is 1. The second kappa shape index (κ2) is 2.82. The van der Waals surface area contributed by atoms with E-state index in [-0.39, 0.29) is 0 Å². The Bertz CT molecular complexity index is 618. The van der Waals surface area contributed by atoms with Crippen LogP contribution in [-0.4, -0.2) is 19.7 Å². The van der Waals surface area contributed by atoms with Gasteiger partial charge < -0.3 is 4.98 Å². The van der Waals surface area contributed by atoms with Crippen molar-refractivity contribution >= 4 is 22.1 Å². The monoisotopic (exact) mass is 200 g/mol. The first kappa shape index (κ1) is 8.47. The van der Waals surface area contributed by atoms with Gasteiger partial charge in [0, 0.05) is 17.6 Å². The number of rotatable bonds is 1. The zero-order valence-electron chi connectivity index (χ0n) is 8.73. The number of nitrogens with one attached hydrogen (secondary N) is 1. The molecule has 0 saturated heterocycles. The fraction of sp³-hybridized carbons (Fsp3) is 0.273. The summed E-state index contributed by atoms with van der Waals surface area (Å²) in [5.41, 5.74) is 2.96. The summed E-state index contributed by atoms with van der Waals surface area (Å²) in [4.78, 5) is 7.60. The molecule has 0 aliphatic heterocycles.